The van der Waals surface area contributed by atoms with Gasteiger partial charge in [-0.3, -0.25) is 0 Å². The van der Waals surface area contributed by atoms with Crippen molar-refractivity contribution >= 4 is 22.0 Å². The first-order valence-electron chi connectivity index (χ1n) is 7.02. The molecule has 3 heteroatoms. The SMILES string of the molecule is COc1cc2c(cc1Br)CC[C@@H](/C=C/c1ccccc1)O2. The van der Waals surface area contributed by atoms with Crippen LogP contribution in [0, 0.1) is 0 Å². The Morgan fingerprint density at radius 2 is 2.05 bits per heavy atom. The minimum atomic E-state index is 0.114. The number of hydrogen-bond donors (Lipinski definition) is 0. The van der Waals surface area contributed by atoms with Crippen molar-refractivity contribution in [3.05, 3.63) is 64.1 Å². The molecule has 108 valence electrons. The summed E-state index contributed by atoms with van der Waals surface area (Å²) in [6, 6.07) is 14.3. The Labute approximate surface area is 133 Å². The highest BCUT2D eigenvalue weighted by atomic mass is 79.9. The van der Waals surface area contributed by atoms with Gasteiger partial charge in [0.1, 0.15) is 17.6 Å². The second-order valence-corrected chi connectivity index (χ2v) is 5.91. The van der Waals surface area contributed by atoms with Gasteiger partial charge in [0.2, 0.25) is 0 Å². The molecule has 1 atom stereocenters. The zero-order valence-electron chi connectivity index (χ0n) is 11.9. The van der Waals surface area contributed by atoms with Crippen LogP contribution in [-0.2, 0) is 6.42 Å². The van der Waals surface area contributed by atoms with Crippen LogP contribution in [0.25, 0.3) is 6.08 Å². The number of hydrogen-bond acceptors (Lipinski definition) is 2. The highest BCUT2D eigenvalue weighted by Crippen LogP contribution is 2.37. The predicted octanol–water partition coefficient (Wildman–Crippen LogP) is 4.86. The molecule has 2 nitrogen and oxygen atoms in total. The lowest BCUT2D eigenvalue weighted by atomic mass is 10.0. The van der Waals surface area contributed by atoms with Crippen molar-refractivity contribution in [2.24, 2.45) is 0 Å². The van der Waals surface area contributed by atoms with E-state index in [1.54, 1.807) is 7.11 Å². The van der Waals surface area contributed by atoms with E-state index in [1.165, 1.54) is 11.1 Å². The molecule has 0 saturated carbocycles. The number of ether oxygens (including phenoxy) is 2. The first-order chi connectivity index (χ1) is 10.3. The summed E-state index contributed by atoms with van der Waals surface area (Å²) in [5.74, 6) is 1.73. The van der Waals surface area contributed by atoms with Crippen molar-refractivity contribution < 1.29 is 9.47 Å². The van der Waals surface area contributed by atoms with Crippen molar-refractivity contribution in [2.75, 3.05) is 7.11 Å². The van der Waals surface area contributed by atoms with E-state index in [4.69, 9.17) is 9.47 Å². The Kier molecular flexibility index (Phi) is 4.30. The molecule has 0 aromatic heterocycles. The number of fused-ring (bicyclic) bond motifs is 1. The topological polar surface area (TPSA) is 18.5 Å². The fraction of sp³-hybridized carbons (Fsp3) is 0.222. The molecule has 3 rings (SSSR count). The maximum Gasteiger partial charge on any atom is 0.136 e. The lowest BCUT2D eigenvalue weighted by Crippen LogP contribution is -2.20. The molecule has 2 aromatic carbocycles. The Morgan fingerprint density at radius 1 is 1.24 bits per heavy atom. The third-order valence-corrected chi connectivity index (χ3v) is 4.23. The van der Waals surface area contributed by atoms with Crippen LogP contribution in [0.1, 0.15) is 17.5 Å². The summed E-state index contributed by atoms with van der Waals surface area (Å²) in [7, 11) is 1.67. The van der Waals surface area contributed by atoms with E-state index in [1.807, 2.05) is 24.3 Å². The number of benzene rings is 2. The molecule has 0 N–H and O–H groups in total. The van der Waals surface area contributed by atoms with Crippen LogP contribution in [0.2, 0.25) is 0 Å². The Balaban J connectivity index is 1.76. The zero-order chi connectivity index (χ0) is 14.7. The summed E-state index contributed by atoms with van der Waals surface area (Å²) < 4.78 is 12.4. The lowest BCUT2D eigenvalue weighted by molar-refractivity contribution is 0.218. The van der Waals surface area contributed by atoms with Crippen molar-refractivity contribution in [1.29, 1.82) is 0 Å². The van der Waals surface area contributed by atoms with Crippen LogP contribution >= 0.6 is 15.9 Å². The second-order valence-electron chi connectivity index (χ2n) is 5.06. The average molecular weight is 345 g/mol. The number of halogens is 1. The molecule has 2 aromatic rings. The number of methoxy groups -OCH3 is 1. The maximum atomic E-state index is 6.06. The van der Waals surface area contributed by atoms with Gasteiger partial charge in [0.05, 0.1) is 11.6 Å². The molecule has 0 aliphatic carbocycles. The van der Waals surface area contributed by atoms with Crippen LogP contribution in [0.15, 0.2) is 53.0 Å². The quantitative estimate of drug-likeness (QED) is 0.791. The second kappa shape index (κ2) is 6.35. The summed E-state index contributed by atoms with van der Waals surface area (Å²) in [6.45, 7) is 0. The minimum Gasteiger partial charge on any atom is -0.495 e. The molecule has 0 fully saturated rings. The third-order valence-electron chi connectivity index (χ3n) is 3.61. The van der Waals surface area contributed by atoms with Gasteiger partial charge in [-0.2, -0.15) is 0 Å². The molecule has 0 radical (unpaired) electrons. The van der Waals surface area contributed by atoms with Gasteiger partial charge >= 0.3 is 0 Å². The maximum absolute atomic E-state index is 6.06. The molecule has 0 saturated heterocycles. The molecule has 0 amide bonds. The first-order valence-corrected chi connectivity index (χ1v) is 7.82. The molecular formula is C18H17BrO2. The highest BCUT2D eigenvalue weighted by Gasteiger charge is 2.19. The summed E-state index contributed by atoms with van der Waals surface area (Å²) >= 11 is 3.52. The molecule has 0 unspecified atom stereocenters. The van der Waals surface area contributed by atoms with Crippen LogP contribution < -0.4 is 9.47 Å². The summed E-state index contributed by atoms with van der Waals surface area (Å²) in [5, 5.41) is 0. The van der Waals surface area contributed by atoms with Crippen molar-refractivity contribution in [3.8, 4) is 11.5 Å². The van der Waals surface area contributed by atoms with E-state index in [0.29, 0.717) is 0 Å². The van der Waals surface area contributed by atoms with E-state index in [2.05, 4.69) is 46.3 Å². The fourth-order valence-corrected chi connectivity index (χ4v) is 3.03. The molecule has 21 heavy (non-hydrogen) atoms. The van der Waals surface area contributed by atoms with Crippen LogP contribution in [0.3, 0.4) is 0 Å². The first kappa shape index (κ1) is 14.2. The Hall–Kier alpha value is -1.74. The smallest absolute Gasteiger partial charge is 0.136 e. The fourth-order valence-electron chi connectivity index (χ4n) is 2.48. The average Bonchev–Trinajstić information content (AvgIpc) is 2.53. The third kappa shape index (κ3) is 3.30. The van der Waals surface area contributed by atoms with E-state index < -0.39 is 0 Å². The largest absolute Gasteiger partial charge is 0.495 e. The molecule has 1 aliphatic heterocycles. The summed E-state index contributed by atoms with van der Waals surface area (Å²) in [6.07, 6.45) is 6.37. The summed E-state index contributed by atoms with van der Waals surface area (Å²) in [5.41, 5.74) is 2.42. The Morgan fingerprint density at radius 3 is 2.81 bits per heavy atom. The van der Waals surface area contributed by atoms with Gasteiger partial charge in [0.15, 0.2) is 0 Å². The minimum absolute atomic E-state index is 0.114. The highest BCUT2D eigenvalue weighted by molar-refractivity contribution is 9.10. The van der Waals surface area contributed by atoms with Crippen LogP contribution in [0.5, 0.6) is 11.5 Å². The van der Waals surface area contributed by atoms with E-state index in [-0.39, 0.29) is 6.10 Å². The van der Waals surface area contributed by atoms with Gasteiger partial charge in [-0.05, 0) is 52.0 Å². The molecule has 0 spiro atoms. The number of rotatable bonds is 3. The number of aryl methyl sites for hydroxylation is 1. The standard InChI is InChI=1S/C18H17BrO2/c1-20-18-12-17-14(11-16(18)19)8-10-15(21-17)9-7-13-5-3-2-4-6-13/h2-7,9,11-12,15H,8,10H2,1H3/b9-7+/t15-/m1/s1. The van der Waals surface area contributed by atoms with Crippen LogP contribution in [0.4, 0.5) is 0 Å². The predicted molar refractivity (Wildman–Crippen MR) is 88.9 cm³/mol. The lowest BCUT2D eigenvalue weighted by Gasteiger charge is -2.24. The van der Waals surface area contributed by atoms with E-state index in [0.717, 1.165) is 28.8 Å². The van der Waals surface area contributed by atoms with Gasteiger partial charge < -0.3 is 9.47 Å². The molecule has 1 aliphatic rings. The van der Waals surface area contributed by atoms with Gasteiger partial charge in [0.25, 0.3) is 0 Å². The zero-order valence-corrected chi connectivity index (χ0v) is 13.5. The summed E-state index contributed by atoms with van der Waals surface area (Å²) in [4.78, 5) is 0. The van der Waals surface area contributed by atoms with Gasteiger partial charge in [-0.25, -0.2) is 0 Å². The monoisotopic (exact) mass is 344 g/mol. The molecule has 0 bridgehead atoms. The van der Waals surface area contributed by atoms with Gasteiger partial charge in [-0.15, -0.1) is 0 Å². The Bertz CT molecular complexity index is 650. The van der Waals surface area contributed by atoms with E-state index in [9.17, 15) is 0 Å². The molecular weight excluding hydrogens is 328 g/mol. The van der Waals surface area contributed by atoms with Crippen molar-refractivity contribution in [2.45, 2.75) is 18.9 Å². The van der Waals surface area contributed by atoms with Crippen LogP contribution in [-0.4, -0.2) is 13.2 Å². The van der Waals surface area contributed by atoms with Gasteiger partial charge in [-0.1, -0.05) is 36.4 Å². The van der Waals surface area contributed by atoms with Crippen molar-refractivity contribution in [1.82, 2.24) is 0 Å². The normalized spacial score (nSPS) is 17.3. The van der Waals surface area contributed by atoms with Crippen molar-refractivity contribution in [3.63, 3.8) is 0 Å². The van der Waals surface area contributed by atoms with Gasteiger partial charge in [0, 0.05) is 6.07 Å². The molecule has 1 heterocycles. The van der Waals surface area contributed by atoms with E-state index >= 15 is 0 Å².